The molecule has 0 aliphatic carbocycles. The lowest BCUT2D eigenvalue weighted by atomic mass is 10.1. The van der Waals surface area contributed by atoms with Gasteiger partial charge in [-0.1, -0.05) is 37.6 Å². The van der Waals surface area contributed by atoms with Crippen molar-refractivity contribution in [1.82, 2.24) is 4.90 Å². The quantitative estimate of drug-likeness (QED) is 0.838. The molecule has 0 saturated heterocycles. The Morgan fingerprint density at radius 2 is 1.94 bits per heavy atom. The number of amides is 1. The highest BCUT2D eigenvalue weighted by molar-refractivity contribution is 5.82. The highest BCUT2D eigenvalue weighted by atomic mass is 16.2. The van der Waals surface area contributed by atoms with Gasteiger partial charge in [-0.3, -0.25) is 4.79 Å². The van der Waals surface area contributed by atoms with Crippen LogP contribution in [0, 0.1) is 0 Å². The largest absolute Gasteiger partial charge is 0.333 e. The minimum atomic E-state index is -0.334. The van der Waals surface area contributed by atoms with Crippen molar-refractivity contribution < 1.29 is 4.79 Å². The van der Waals surface area contributed by atoms with Crippen LogP contribution < -0.4 is 5.73 Å². The van der Waals surface area contributed by atoms with Crippen LogP contribution in [0.4, 0.5) is 0 Å². The molecule has 0 aromatic heterocycles. The predicted octanol–water partition coefficient (Wildman–Crippen LogP) is 1.66. The van der Waals surface area contributed by atoms with Crippen molar-refractivity contribution in [3.05, 3.63) is 35.4 Å². The van der Waals surface area contributed by atoms with E-state index < -0.39 is 0 Å². The maximum Gasteiger partial charge on any atom is 0.240 e. The molecule has 1 heterocycles. The number of rotatable bonds is 3. The minimum Gasteiger partial charge on any atom is -0.333 e. The molecule has 0 fully saturated rings. The summed E-state index contributed by atoms with van der Waals surface area (Å²) in [6.45, 7) is 3.48. The Kier molecular flexibility index (Phi) is 3.25. The number of hydrogen-bond acceptors (Lipinski definition) is 2. The molecular weight excluding hydrogens is 200 g/mol. The van der Waals surface area contributed by atoms with E-state index in [1.165, 1.54) is 11.1 Å². The van der Waals surface area contributed by atoms with Crippen molar-refractivity contribution in [1.29, 1.82) is 0 Å². The number of benzene rings is 1. The van der Waals surface area contributed by atoms with Gasteiger partial charge >= 0.3 is 0 Å². The fourth-order valence-electron chi connectivity index (χ4n) is 2.16. The maximum atomic E-state index is 12.0. The van der Waals surface area contributed by atoms with E-state index in [0.717, 1.165) is 12.8 Å². The summed E-state index contributed by atoms with van der Waals surface area (Å²) in [5.74, 6) is 0.0815. The first-order valence-corrected chi connectivity index (χ1v) is 5.83. The average molecular weight is 218 g/mol. The van der Waals surface area contributed by atoms with Crippen molar-refractivity contribution in [3.63, 3.8) is 0 Å². The minimum absolute atomic E-state index is 0.0815. The molecule has 2 N–H and O–H groups in total. The van der Waals surface area contributed by atoms with Gasteiger partial charge in [-0.05, 0) is 17.5 Å². The summed E-state index contributed by atoms with van der Waals surface area (Å²) in [4.78, 5) is 13.9. The molecule has 1 amide bonds. The Balaban J connectivity index is 2.03. The standard InChI is InChI=1S/C13H18N2O/c1-2-5-12(14)13(16)15-8-10-6-3-4-7-11(10)9-15/h3-4,6-7,12H,2,5,8-9,14H2,1H3. The molecule has 0 spiro atoms. The summed E-state index contributed by atoms with van der Waals surface area (Å²) in [7, 11) is 0. The first-order valence-electron chi connectivity index (χ1n) is 5.83. The third kappa shape index (κ3) is 2.09. The van der Waals surface area contributed by atoms with E-state index in [1.54, 1.807) is 0 Å². The van der Waals surface area contributed by atoms with E-state index in [0.29, 0.717) is 13.1 Å². The molecule has 3 heteroatoms. The van der Waals surface area contributed by atoms with Gasteiger partial charge < -0.3 is 10.6 Å². The fraction of sp³-hybridized carbons (Fsp3) is 0.462. The second kappa shape index (κ2) is 4.66. The van der Waals surface area contributed by atoms with E-state index in [2.05, 4.69) is 12.1 Å². The summed E-state index contributed by atoms with van der Waals surface area (Å²) in [5.41, 5.74) is 8.35. The molecule has 86 valence electrons. The molecule has 1 aliphatic rings. The normalized spacial score (nSPS) is 16.0. The zero-order valence-electron chi connectivity index (χ0n) is 9.65. The molecule has 1 aromatic rings. The highest BCUT2D eigenvalue weighted by Gasteiger charge is 2.26. The molecular formula is C13H18N2O. The second-order valence-corrected chi connectivity index (χ2v) is 4.36. The Bertz CT molecular complexity index is 364. The van der Waals surface area contributed by atoms with Crippen molar-refractivity contribution in [2.75, 3.05) is 0 Å². The molecule has 0 bridgehead atoms. The summed E-state index contributed by atoms with van der Waals surface area (Å²) in [6.07, 6.45) is 1.72. The third-order valence-electron chi connectivity index (χ3n) is 3.07. The molecule has 1 atom stereocenters. The zero-order valence-corrected chi connectivity index (χ0v) is 9.65. The van der Waals surface area contributed by atoms with E-state index in [9.17, 15) is 4.79 Å². The van der Waals surface area contributed by atoms with Crippen LogP contribution in [0.3, 0.4) is 0 Å². The van der Waals surface area contributed by atoms with Crippen molar-refractivity contribution in [2.45, 2.75) is 38.9 Å². The monoisotopic (exact) mass is 218 g/mol. The first kappa shape index (κ1) is 11.1. The van der Waals surface area contributed by atoms with Gasteiger partial charge in [-0.15, -0.1) is 0 Å². The van der Waals surface area contributed by atoms with E-state index in [-0.39, 0.29) is 11.9 Å². The Labute approximate surface area is 96.2 Å². The average Bonchev–Trinajstić information content (AvgIpc) is 2.71. The Hall–Kier alpha value is -1.35. The van der Waals surface area contributed by atoms with Crippen molar-refractivity contribution in [3.8, 4) is 0 Å². The molecule has 1 aromatic carbocycles. The highest BCUT2D eigenvalue weighted by Crippen LogP contribution is 2.22. The number of nitrogens with two attached hydrogens (primary N) is 1. The van der Waals surface area contributed by atoms with Crippen LogP contribution in [-0.2, 0) is 17.9 Å². The SMILES string of the molecule is CCCC(N)C(=O)N1Cc2ccccc2C1. The van der Waals surface area contributed by atoms with Crippen LogP contribution >= 0.6 is 0 Å². The number of nitrogens with zero attached hydrogens (tertiary/aromatic N) is 1. The van der Waals surface area contributed by atoms with Gasteiger partial charge in [0.05, 0.1) is 6.04 Å². The molecule has 0 radical (unpaired) electrons. The van der Waals surface area contributed by atoms with Gasteiger partial charge in [0, 0.05) is 13.1 Å². The van der Waals surface area contributed by atoms with E-state index in [4.69, 9.17) is 5.73 Å². The number of fused-ring (bicyclic) bond motifs is 1. The van der Waals surface area contributed by atoms with Gasteiger partial charge in [0.15, 0.2) is 0 Å². The van der Waals surface area contributed by atoms with Crippen LogP contribution in [0.25, 0.3) is 0 Å². The van der Waals surface area contributed by atoms with E-state index >= 15 is 0 Å². The maximum absolute atomic E-state index is 12.0. The van der Waals surface area contributed by atoms with Crippen LogP contribution in [0.15, 0.2) is 24.3 Å². The lowest BCUT2D eigenvalue weighted by Gasteiger charge is -2.19. The first-order chi connectivity index (χ1) is 7.72. The smallest absolute Gasteiger partial charge is 0.240 e. The second-order valence-electron chi connectivity index (χ2n) is 4.36. The fourth-order valence-corrected chi connectivity index (χ4v) is 2.16. The molecule has 0 saturated carbocycles. The van der Waals surface area contributed by atoms with Gasteiger partial charge in [0.2, 0.25) is 5.91 Å². The van der Waals surface area contributed by atoms with Crippen LogP contribution in [0.1, 0.15) is 30.9 Å². The van der Waals surface area contributed by atoms with Crippen LogP contribution in [-0.4, -0.2) is 16.8 Å². The summed E-state index contributed by atoms with van der Waals surface area (Å²) >= 11 is 0. The zero-order chi connectivity index (χ0) is 11.5. The van der Waals surface area contributed by atoms with Crippen LogP contribution in [0.2, 0.25) is 0 Å². The summed E-state index contributed by atoms with van der Waals surface area (Å²) in [5, 5.41) is 0. The van der Waals surface area contributed by atoms with Gasteiger partial charge in [-0.2, -0.15) is 0 Å². The Morgan fingerprint density at radius 3 is 2.44 bits per heavy atom. The van der Waals surface area contributed by atoms with Gasteiger partial charge in [0.1, 0.15) is 0 Å². The summed E-state index contributed by atoms with van der Waals surface area (Å²) in [6, 6.07) is 7.85. The molecule has 16 heavy (non-hydrogen) atoms. The van der Waals surface area contributed by atoms with Crippen molar-refractivity contribution in [2.24, 2.45) is 5.73 Å². The predicted molar refractivity (Wildman–Crippen MR) is 63.6 cm³/mol. The van der Waals surface area contributed by atoms with Gasteiger partial charge in [0.25, 0.3) is 0 Å². The molecule has 3 nitrogen and oxygen atoms in total. The number of carbonyl (C=O) groups is 1. The topological polar surface area (TPSA) is 46.3 Å². The molecule has 1 aliphatic heterocycles. The van der Waals surface area contributed by atoms with Gasteiger partial charge in [-0.25, -0.2) is 0 Å². The number of carbonyl (C=O) groups excluding carboxylic acids is 1. The number of hydrogen-bond donors (Lipinski definition) is 1. The molecule has 1 unspecified atom stereocenters. The summed E-state index contributed by atoms with van der Waals surface area (Å²) < 4.78 is 0. The van der Waals surface area contributed by atoms with Crippen LogP contribution in [0.5, 0.6) is 0 Å². The third-order valence-corrected chi connectivity index (χ3v) is 3.07. The lowest BCUT2D eigenvalue weighted by molar-refractivity contribution is -0.133. The van der Waals surface area contributed by atoms with Crippen molar-refractivity contribution >= 4 is 5.91 Å². The van der Waals surface area contributed by atoms with E-state index in [1.807, 2.05) is 24.0 Å². The molecule has 2 rings (SSSR count). The Morgan fingerprint density at radius 1 is 1.38 bits per heavy atom. The lowest BCUT2D eigenvalue weighted by Crippen LogP contribution is -2.41.